The lowest BCUT2D eigenvalue weighted by Crippen LogP contribution is -1.76. The molecule has 0 fully saturated rings. The molecule has 8 heavy (non-hydrogen) atoms. The highest BCUT2D eigenvalue weighted by Gasteiger charge is 1.77. The van der Waals surface area contributed by atoms with Gasteiger partial charge in [0.05, 0.1) is 6.61 Å². The van der Waals surface area contributed by atoms with E-state index in [0.29, 0.717) is 0 Å². The Balaban J connectivity index is 0. The first kappa shape index (κ1) is 10.9. The average Bonchev–Trinajstić information content (AvgIpc) is 1.88. The van der Waals surface area contributed by atoms with Gasteiger partial charge in [-0.1, -0.05) is 19.8 Å². The van der Waals surface area contributed by atoms with Crippen molar-refractivity contribution in [1.29, 1.82) is 0 Å². The van der Waals surface area contributed by atoms with Gasteiger partial charge in [-0.15, -0.1) is 0 Å². The second kappa shape index (κ2) is 15.8. The molecule has 0 heterocycles. The molecule has 0 aromatic heterocycles. The Labute approximate surface area is 55.4 Å². The summed E-state index contributed by atoms with van der Waals surface area (Å²) in [4.78, 5) is 0. The molecule has 0 aromatic rings. The van der Waals surface area contributed by atoms with Crippen molar-refractivity contribution < 1.29 is 9.32 Å². The molecule has 0 aliphatic carbocycles. The van der Waals surface area contributed by atoms with E-state index in [4.69, 9.17) is 4.21 Å². The molecule has 3 heteroatoms. The monoisotopic (exact) mass is 135 g/mol. The van der Waals surface area contributed by atoms with Gasteiger partial charge in [-0.25, -0.2) is 5.11 Å². The molecule has 0 amide bonds. The van der Waals surface area contributed by atoms with Crippen LogP contribution in [0.15, 0.2) is 0 Å². The van der Waals surface area contributed by atoms with Gasteiger partial charge in [-0.3, -0.25) is 0 Å². The molecular formula is C5H11O2S. The minimum atomic E-state index is 0.105. The van der Waals surface area contributed by atoms with E-state index in [0.717, 1.165) is 19.3 Å². The van der Waals surface area contributed by atoms with Gasteiger partial charge in [0.25, 0.3) is 0 Å². The Hall–Kier alpha value is -0.0200. The van der Waals surface area contributed by atoms with Crippen LogP contribution in [0.25, 0.3) is 0 Å². The van der Waals surface area contributed by atoms with Gasteiger partial charge in [-0.2, -0.15) is 4.21 Å². The molecule has 0 unspecified atom stereocenters. The minimum absolute atomic E-state index is 0.105. The summed E-state index contributed by atoms with van der Waals surface area (Å²) >= 11 is 2.83. The number of rotatable bonds is 3. The predicted molar refractivity (Wildman–Crippen MR) is 33.2 cm³/mol. The summed E-state index contributed by atoms with van der Waals surface area (Å²) in [5.74, 6) is 0. The van der Waals surface area contributed by atoms with Crippen LogP contribution in [0.1, 0.15) is 26.2 Å². The molecule has 0 bridgehead atoms. The molecule has 0 aliphatic rings. The van der Waals surface area contributed by atoms with Crippen LogP contribution in [0.3, 0.4) is 0 Å². The Morgan fingerprint density at radius 2 is 1.75 bits per heavy atom. The van der Waals surface area contributed by atoms with Gasteiger partial charge < -0.3 is 0 Å². The molecule has 0 saturated heterocycles. The summed E-state index contributed by atoms with van der Waals surface area (Å²) in [6, 6.07) is 0. The SMILES string of the molecule is CCCCC[O].O=S. The summed E-state index contributed by atoms with van der Waals surface area (Å²) in [7, 11) is 0. The van der Waals surface area contributed by atoms with Crippen LogP contribution < -0.4 is 0 Å². The zero-order valence-corrected chi connectivity index (χ0v) is 5.87. The van der Waals surface area contributed by atoms with Crippen molar-refractivity contribution in [3.63, 3.8) is 0 Å². The van der Waals surface area contributed by atoms with Crippen molar-refractivity contribution >= 4 is 12.5 Å². The third-order valence-electron chi connectivity index (χ3n) is 0.748. The van der Waals surface area contributed by atoms with Gasteiger partial charge >= 0.3 is 0 Å². The van der Waals surface area contributed by atoms with Crippen LogP contribution in [-0.4, -0.2) is 10.8 Å². The lowest BCUT2D eigenvalue weighted by molar-refractivity contribution is 0.186. The predicted octanol–water partition coefficient (Wildman–Crippen LogP) is 1.27. The van der Waals surface area contributed by atoms with E-state index in [2.05, 4.69) is 19.5 Å². The summed E-state index contributed by atoms with van der Waals surface area (Å²) in [5.41, 5.74) is 0. The van der Waals surface area contributed by atoms with E-state index in [-0.39, 0.29) is 6.61 Å². The zero-order chi connectivity index (χ0) is 6.83. The van der Waals surface area contributed by atoms with Gasteiger partial charge in [0.15, 0.2) is 12.5 Å². The second-order valence-corrected chi connectivity index (χ2v) is 1.41. The topological polar surface area (TPSA) is 37.0 Å². The first-order chi connectivity index (χ1) is 3.91. The Morgan fingerprint density at radius 1 is 1.25 bits per heavy atom. The van der Waals surface area contributed by atoms with E-state index in [1.54, 1.807) is 0 Å². The Bertz CT molecular complexity index is 29.6. The Kier molecular flexibility index (Phi) is 21.4. The first-order valence-corrected chi connectivity index (χ1v) is 3.00. The number of hydrogen-bond donors (Lipinski definition) is 0. The van der Waals surface area contributed by atoms with E-state index in [1.807, 2.05) is 0 Å². The largest absolute Gasteiger partial charge is 0.237 e. The van der Waals surface area contributed by atoms with Crippen molar-refractivity contribution in [3.05, 3.63) is 0 Å². The standard InChI is InChI=1S/C5H11O.OS/c1-2-3-4-5-6;1-2/h2-5H2,1H3;. The summed E-state index contributed by atoms with van der Waals surface area (Å²) in [6.45, 7) is 2.20. The molecule has 0 aliphatic heterocycles. The third kappa shape index (κ3) is 16.7. The molecular weight excluding hydrogens is 124 g/mol. The molecule has 49 valence electrons. The van der Waals surface area contributed by atoms with Gasteiger partial charge in [0, 0.05) is 0 Å². The smallest absolute Gasteiger partial charge is 0.197 e. The maximum atomic E-state index is 9.69. The second-order valence-electron chi connectivity index (χ2n) is 1.41. The van der Waals surface area contributed by atoms with E-state index in [9.17, 15) is 5.11 Å². The molecule has 0 N–H and O–H groups in total. The van der Waals surface area contributed by atoms with Crippen molar-refractivity contribution in [2.75, 3.05) is 6.61 Å². The van der Waals surface area contributed by atoms with Crippen LogP contribution in [0.2, 0.25) is 0 Å². The van der Waals surface area contributed by atoms with E-state index in [1.165, 1.54) is 0 Å². The van der Waals surface area contributed by atoms with Crippen LogP contribution in [0.5, 0.6) is 0 Å². The third-order valence-corrected chi connectivity index (χ3v) is 0.748. The van der Waals surface area contributed by atoms with Gasteiger partial charge in [-0.05, 0) is 6.42 Å². The fraction of sp³-hybridized carbons (Fsp3) is 1.00. The van der Waals surface area contributed by atoms with E-state index < -0.39 is 0 Å². The van der Waals surface area contributed by atoms with Gasteiger partial charge in [0.2, 0.25) is 0 Å². The van der Waals surface area contributed by atoms with Crippen molar-refractivity contribution in [3.8, 4) is 0 Å². The average molecular weight is 135 g/mol. The van der Waals surface area contributed by atoms with Crippen LogP contribution >= 0.6 is 0 Å². The minimum Gasteiger partial charge on any atom is -0.237 e. The molecule has 0 atom stereocenters. The fourth-order valence-corrected chi connectivity index (χ4v) is 0.352. The van der Waals surface area contributed by atoms with Crippen molar-refractivity contribution in [2.24, 2.45) is 0 Å². The first-order valence-electron chi connectivity index (χ1n) is 2.66. The van der Waals surface area contributed by atoms with Crippen LogP contribution in [0.4, 0.5) is 0 Å². The maximum Gasteiger partial charge on any atom is 0.197 e. The molecule has 0 saturated carbocycles. The summed E-state index contributed by atoms with van der Waals surface area (Å²) < 4.78 is 7.83. The van der Waals surface area contributed by atoms with Crippen LogP contribution in [0, 0.1) is 0 Å². The highest BCUT2D eigenvalue weighted by atomic mass is 32.1. The maximum absolute atomic E-state index is 9.69. The quantitative estimate of drug-likeness (QED) is 0.546. The zero-order valence-electron chi connectivity index (χ0n) is 5.05. The fourth-order valence-electron chi connectivity index (χ4n) is 0.352. The Morgan fingerprint density at radius 3 is 1.88 bits per heavy atom. The lowest BCUT2D eigenvalue weighted by atomic mass is 10.3. The van der Waals surface area contributed by atoms with Crippen molar-refractivity contribution in [2.45, 2.75) is 26.2 Å². The highest BCUT2D eigenvalue weighted by molar-refractivity contribution is 7.44. The highest BCUT2D eigenvalue weighted by Crippen LogP contribution is 1.89. The van der Waals surface area contributed by atoms with Crippen LogP contribution in [-0.2, 0) is 17.6 Å². The molecule has 0 rings (SSSR count). The summed E-state index contributed by atoms with van der Waals surface area (Å²) in [6.07, 6.45) is 3.11. The summed E-state index contributed by atoms with van der Waals surface area (Å²) in [5, 5.41) is 9.69. The number of hydrogen-bond acceptors (Lipinski definition) is 2. The lowest BCUT2D eigenvalue weighted by Gasteiger charge is -1.84. The van der Waals surface area contributed by atoms with E-state index >= 15 is 0 Å². The molecule has 2 nitrogen and oxygen atoms in total. The van der Waals surface area contributed by atoms with Crippen molar-refractivity contribution in [1.82, 2.24) is 0 Å². The molecule has 0 aromatic carbocycles. The number of unbranched alkanes of at least 4 members (excludes halogenated alkanes) is 2. The van der Waals surface area contributed by atoms with Gasteiger partial charge in [0.1, 0.15) is 0 Å². The normalized spacial score (nSPS) is 7.25. The molecule has 1 radical (unpaired) electrons. The molecule has 0 spiro atoms.